The third-order valence-corrected chi connectivity index (χ3v) is 2.66. The first kappa shape index (κ1) is 10.3. The Morgan fingerprint density at radius 2 is 2.07 bits per heavy atom. The highest BCUT2D eigenvalue weighted by molar-refractivity contribution is 7.80. The van der Waals surface area contributed by atoms with Crippen LogP contribution in [0.2, 0.25) is 5.02 Å². The minimum atomic E-state index is -0.176. The number of aliphatic imine (C=N–C) groups is 2. The molecule has 0 radical (unpaired) electrons. The highest BCUT2D eigenvalue weighted by Gasteiger charge is 2.19. The van der Waals surface area contributed by atoms with E-state index >= 15 is 0 Å². The first-order valence-electron chi connectivity index (χ1n) is 4.35. The molecule has 1 atom stereocenters. The molecule has 0 amide bonds. The fourth-order valence-electron chi connectivity index (χ4n) is 1.39. The molecule has 0 bridgehead atoms. The zero-order chi connectivity index (χ0) is 10.8. The molecule has 5 heteroatoms. The van der Waals surface area contributed by atoms with E-state index in [0.29, 0.717) is 10.9 Å². The molecule has 3 nitrogen and oxygen atoms in total. The molecule has 0 fully saturated rings. The Bertz CT molecular complexity index is 467. The molecule has 1 unspecified atom stereocenters. The second-order valence-corrected chi connectivity index (χ2v) is 3.87. The summed E-state index contributed by atoms with van der Waals surface area (Å²) in [7, 11) is 0. The molecule has 1 aliphatic rings. The Labute approximate surface area is 97.7 Å². The van der Waals surface area contributed by atoms with E-state index in [9.17, 15) is 0 Å². The summed E-state index contributed by atoms with van der Waals surface area (Å²) in [6.07, 6.45) is 1.67. The number of rotatable bonds is 1. The molecule has 1 heterocycles. The molecule has 2 N–H and O–H groups in total. The van der Waals surface area contributed by atoms with Gasteiger partial charge in [0.25, 0.3) is 0 Å². The van der Waals surface area contributed by atoms with Gasteiger partial charge in [0.2, 0.25) is 5.11 Å². The molecule has 15 heavy (non-hydrogen) atoms. The van der Waals surface area contributed by atoms with Crippen molar-refractivity contribution in [1.82, 2.24) is 0 Å². The summed E-state index contributed by atoms with van der Waals surface area (Å²) in [6, 6.07) is 7.47. The Morgan fingerprint density at radius 1 is 1.33 bits per heavy atom. The van der Waals surface area contributed by atoms with Crippen molar-refractivity contribution in [2.24, 2.45) is 15.7 Å². The van der Waals surface area contributed by atoms with Gasteiger partial charge >= 0.3 is 0 Å². The van der Waals surface area contributed by atoms with Gasteiger partial charge in [-0.15, -0.1) is 0 Å². The van der Waals surface area contributed by atoms with Crippen LogP contribution in [0.15, 0.2) is 34.3 Å². The van der Waals surface area contributed by atoms with Crippen molar-refractivity contribution >= 4 is 41.0 Å². The van der Waals surface area contributed by atoms with Gasteiger partial charge in [-0.2, -0.15) is 0 Å². The maximum absolute atomic E-state index is 6.05. The van der Waals surface area contributed by atoms with Crippen LogP contribution in [-0.2, 0) is 0 Å². The van der Waals surface area contributed by atoms with Crippen molar-refractivity contribution in [2.75, 3.05) is 0 Å². The third-order valence-electron chi connectivity index (χ3n) is 2.12. The Kier molecular flexibility index (Phi) is 2.79. The van der Waals surface area contributed by atoms with Gasteiger partial charge in [-0.3, -0.25) is 0 Å². The van der Waals surface area contributed by atoms with E-state index in [2.05, 4.69) is 9.98 Å². The van der Waals surface area contributed by atoms with Crippen molar-refractivity contribution in [1.29, 1.82) is 0 Å². The molecule has 1 aliphatic heterocycles. The normalized spacial score (nSPS) is 20.2. The summed E-state index contributed by atoms with van der Waals surface area (Å²) >= 11 is 10.9. The minimum absolute atomic E-state index is 0.176. The molecule has 0 aliphatic carbocycles. The monoisotopic (exact) mass is 237 g/mol. The van der Waals surface area contributed by atoms with Gasteiger partial charge in [-0.05, 0) is 23.8 Å². The van der Waals surface area contributed by atoms with Gasteiger partial charge in [0.15, 0.2) is 0 Å². The molecule has 1 aromatic carbocycles. The summed E-state index contributed by atoms with van der Waals surface area (Å²) < 4.78 is 0. The van der Waals surface area contributed by atoms with Gasteiger partial charge in [-0.1, -0.05) is 29.8 Å². The molecule has 1 aromatic rings. The average Bonchev–Trinajstić information content (AvgIpc) is 2.20. The predicted octanol–water partition coefficient (Wildman–Crippen LogP) is 2.15. The van der Waals surface area contributed by atoms with Crippen LogP contribution in [-0.4, -0.2) is 17.2 Å². The number of nitrogens with zero attached hydrogens (tertiary/aromatic N) is 2. The molecule has 0 spiro atoms. The number of hydrogen-bond donors (Lipinski definition) is 1. The number of thiocarbonyl (C=S) groups is 1. The van der Waals surface area contributed by atoms with Crippen molar-refractivity contribution in [3.63, 3.8) is 0 Å². The summed E-state index contributed by atoms with van der Waals surface area (Å²) in [5, 5.41) is 0.913. The number of benzene rings is 1. The van der Waals surface area contributed by atoms with Crippen LogP contribution < -0.4 is 5.73 Å². The highest BCUT2D eigenvalue weighted by atomic mass is 35.5. The predicted molar refractivity (Wildman–Crippen MR) is 66.9 cm³/mol. The smallest absolute Gasteiger partial charge is 0.220 e. The van der Waals surface area contributed by atoms with Crippen LogP contribution in [0.4, 0.5) is 0 Å². The van der Waals surface area contributed by atoms with Crippen molar-refractivity contribution in [3.05, 3.63) is 34.9 Å². The third kappa shape index (κ3) is 2.06. The lowest BCUT2D eigenvalue weighted by molar-refractivity contribution is 1.18. The molecule has 0 saturated carbocycles. The fraction of sp³-hybridized carbons (Fsp3) is 0.100. The maximum Gasteiger partial charge on any atom is 0.220 e. The summed E-state index contributed by atoms with van der Waals surface area (Å²) in [5.41, 5.74) is 6.68. The SMILES string of the molecule is NC1=NC(=S)N=CC1c1ccccc1Cl. The summed E-state index contributed by atoms with van der Waals surface area (Å²) in [5.74, 6) is 0.258. The molecular formula is C10H8ClN3S. The molecule has 0 saturated heterocycles. The van der Waals surface area contributed by atoms with Crippen LogP contribution in [0.5, 0.6) is 0 Å². The van der Waals surface area contributed by atoms with Gasteiger partial charge < -0.3 is 5.73 Å². The molecular weight excluding hydrogens is 230 g/mol. The van der Waals surface area contributed by atoms with E-state index < -0.39 is 0 Å². The van der Waals surface area contributed by atoms with Crippen LogP contribution in [0.1, 0.15) is 11.5 Å². The largest absolute Gasteiger partial charge is 0.386 e. The first-order chi connectivity index (χ1) is 7.18. The minimum Gasteiger partial charge on any atom is -0.386 e. The van der Waals surface area contributed by atoms with E-state index in [1.54, 1.807) is 6.21 Å². The highest BCUT2D eigenvalue weighted by Crippen LogP contribution is 2.24. The second kappa shape index (κ2) is 4.08. The maximum atomic E-state index is 6.05. The zero-order valence-corrected chi connectivity index (χ0v) is 9.29. The standard InChI is InChI=1S/C10H8ClN3S/c11-8-4-2-1-3-6(8)7-5-13-10(15)14-9(7)12/h1-5,7H,(H2,12,14,15). The van der Waals surface area contributed by atoms with E-state index in [-0.39, 0.29) is 11.0 Å². The Morgan fingerprint density at radius 3 is 2.73 bits per heavy atom. The van der Waals surface area contributed by atoms with Crippen LogP contribution in [0.25, 0.3) is 0 Å². The van der Waals surface area contributed by atoms with Gasteiger partial charge in [0, 0.05) is 11.2 Å². The lowest BCUT2D eigenvalue weighted by Gasteiger charge is -2.16. The van der Waals surface area contributed by atoms with E-state index in [0.717, 1.165) is 5.56 Å². The summed E-state index contributed by atoms with van der Waals surface area (Å²) in [4.78, 5) is 7.91. The zero-order valence-electron chi connectivity index (χ0n) is 7.72. The quantitative estimate of drug-likeness (QED) is 0.761. The number of hydrogen-bond acceptors (Lipinski definition) is 2. The fourth-order valence-corrected chi connectivity index (χ4v) is 1.81. The van der Waals surface area contributed by atoms with Crippen LogP contribution in [0.3, 0.4) is 0 Å². The van der Waals surface area contributed by atoms with E-state index in [4.69, 9.17) is 29.6 Å². The van der Waals surface area contributed by atoms with Crippen molar-refractivity contribution in [3.8, 4) is 0 Å². The first-order valence-corrected chi connectivity index (χ1v) is 5.14. The molecule has 2 rings (SSSR count). The topological polar surface area (TPSA) is 50.7 Å². The van der Waals surface area contributed by atoms with Gasteiger partial charge in [0.1, 0.15) is 5.84 Å². The lowest BCUT2D eigenvalue weighted by atomic mass is 9.99. The Balaban J connectivity index is 2.41. The van der Waals surface area contributed by atoms with E-state index in [1.807, 2.05) is 24.3 Å². The van der Waals surface area contributed by atoms with Crippen molar-refractivity contribution in [2.45, 2.75) is 5.92 Å². The number of halogens is 1. The van der Waals surface area contributed by atoms with Gasteiger partial charge in [-0.25, -0.2) is 9.98 Å². The van der Waals surface area contributed by atoms with E-state index in [1.165, 1.54) is 0 Å². The van der Waals surface area contributed by atoms with Crippen molar-refractivity contribution < 1.29 is 0 Å². The van der Waals surface area contributed by atoms with Gasteiger partial charge in [0.05, 0.1) is 5.92 Å². The summed E-state index contributed by atoms with van der Waals surface area (Å²) in [6.45, 7) is 0. The number of amidine groups is 1. The lowest BCUT2D eigenvalue weighted by Crippen LogP contribution is -2.27. The van der Waals surface area contributed by atoms with Crippen LogP contribution >= 0.6 is 23.8 Å². The second-order valence-electron chi connectivity index (χ2n) is 3.10. The number of nitrogens with two attached hydrogens (primary N) is 1. The molecule has 76 valence electrons. The van der Waals surface area contributed by atoms with Crippen LogP contribution in [0, 0.1) is 0 Å². The average molecular weight is 238 g/mol. The Hall–Kier alpha value is -1.26. The molecule has 0 aromatic heterocycles.